The van der Waals surface area contributed by atoms with Crippen molar-refractivity contribution in [3.8, 4) is 0 Å². The molecular formula is C22H26N2O4S. The van der Waals surface area contributed by atoms with E-state index in [1.165, 1.54) is 24.3 Å². The lowest BCUT2D eigenvalue weighted by molar-refractivity contribution is -0.137. The molecule has 0 aliphatic carbocycles. The molecule has 3 rings (SSSR count). The highest BCUT2D eigenvalue weighted by Gasteiger charge is 2.35. The number of piperazine rings is 1. The van der Waals surface area contributed by atoms with E-state index in [1.54, 1.807) is 4.90 Å². The van der Waals surface area contributed by atoms with Crippen LogP contribution in [0.4, 0.5) is 0 Å². The number of benzene rings is 2. The average molecular weight is 415 g/mol. The summed E-state index contributed by atoms with van der Waals surface area (Å²) in [5, 5.41) is 0. The van der Waals surface area contributed by atoms with Crippen molar-refractivity contribution >= 4 is 21.7 Å². The topological polar surface area (TPSA) is 74.8 Å². The van der Waals surface area contributed by atoms with E-state index >= 15 is 0 Å². The number of nitrogens with zero attached hydrogens (tertiary/aromatic N) is 2. The zero-order chi connectivity index (χ0) is 21.2. The van der Waals surface area contributed by atoms with Crippen LogP contribution in [0.5, 0.6) is 0 Å². The highest BCUT2D eigenvalue weighted by molar-refractivity contribution is 7.90. The van der Waals surface area contributed by atoms with Crippen LogP contribution in [0.1, 0.15) is 29.8 Å². The van der Waals surface area contributed by atoms with Crippen LogP contribution < -0.4 is 0 Å². The summed E-state index contributed by atoms with van der Waals surface area (Å²) in [6, 6.07) is 15.7. The zero-order valence-corrected chi connectivity index (χ0v) is 17.8. The first-order valence-electron chi connectivity index (χ1n) is 9.55. The minimum Gasteiger partial charge on any atom is -0.338 e. The van der Waals surface area contributed by atoms with Crippen LogP contribution in [0.15, 0.2) is 59.5 Å². The smallest absolute Gasteiger partial charge is 0.253 e. The van der Waals surface area contributed by atoms with Gasteiger partial charge in [0.15, 0.2) is 9.84 Å². The van der Waals surface area contributed by atoms with Gasteiger partial charge in [-0.1, -0.05) is 30.3 Å². The SMILES string of the molecule is CC(C)(C(=O)N1CCN(C(=O)c2ccc(S(C)(=O)=O)cc2)CC1)c1ccccc1. The van der Waals surface area contributed by atoms with Gasteiger partial charge in [0.1, 0.15) is 0 Å². The molecule has 2 aromatic carbocycles. The molecular weight excluding hydrogens is 388 g/mol. The number of amides is 2. The Kier molecular flexibility index (Phi) is 5.80. The molecule has 1 saturated heterocycles. The monoisotopic (exact) mass is 414 g/mol. The van der Waals surface area contributed by atoms with E-state index in [2.05, 4.69) is 0 Å². The van der Waals surface area contributed by atoms with E-state index in [9.17, 15) is 18.0 Å². The molecule has 1 heterocycles. The second kappa shape index (κ2) is 7.99. The lowest BCUT2D eigenvalue weighted by Gasteiger charge is -2.38. The van der Waals surface area contributed by atoms with Gasteiger partial charge in [0.2, 0.25) is 5.91 Å². The predicted molar refractivity (Wildman–Crippen MR) is 112 cm³/mol. The Balaban J connectivity index is 1.64. The minimum atomic E-state index is -3.29. The molecule has 1 aliphatic rings. The summed E-state index contributed by atoms with van der Waals surface area (Å²) < 4.78 is 23.1. The fourth-order valence-corrected chi connectivity index (χ4v) is 4.14. The van der Waals surface area contributed by atoms with E-state index in [0.29, 0.717) is 31.7 Å². The third kappa shape index (κ3) is 4.50. The molecule has 0 saturated carbocycles. The first-order chi connectivity index (χ1) is 13.6. The van der Waals surface area contributed by atoms with E-state index in [4.69, 9.17) is 0 Å². The molecule has 7 heteroatoms. The molecule has 2 amide bonds. The summed E-state index contributed by atoms with van der Waals surface area (Å²) in [7, 11) is -3.29. The number of hydrogen-bond donors (Lipinski definition) is 0. The normalized spacial score (nSPS) is 15.3. The Labute approximate surface area is 172 Å². The van der Waals surface area contributed by atoms with Gasteiger partial charge in [0, 0.05) is 38.0 Å². The molecule has 0 spiro atoms. The van der Waals surface area contributed by atoms with E-state index in [1.807, 2.05) is 49.1 Å². The van der Waals surface area contributed by atoms with Gasteiger partial charge in [-0.15, -0.1) is 0 Å². The van der Waals surface area contributed by atoms with Gasteiger partial charge < -0.3 is 9.80 Å². The van der Waals surface area contributed by atoms with Crippen LogP contribution in [-0.2, 0) is 20.0 Å². The van der Waals surface area contributed by atoms with Crippen molar-refractivity contribution in [1.82, 2.24) is 9.80 Å². The van der Waals surface area contributed by atoms with Gasteiger partial charge >= 0.3 is 0 Å². The largest absolute Gasteiger partial charge is 0.338 e. The Morgan fingerprint density at radius 2 is 1.34 bits per heavy atom. The fourth-order valence-electron chi connectivity index (χ4n) is 3.51. The van der Waals surface area contributed by atoms with Gasteiger partial charge in [-0.05, 0) is 43.7 Å². The number of carbonyl (C=O) groups excluding carboxylic acids is 2. The van der Waals surface area contributed by atoms with Crippen molar-refractivity contribution in [3.05, 3.63) is 65.7 Å². The van der Waals surface area contributed by atoms with Crippen LogP contribution in [0, 0.1) is 0 Å². The highest BCUT2D eigenvalue weighted by Crippen LogP contribution is 2.26. The second-order valence-corrected chi connectivity index (χ2v) is 9.89. The summed E-state index contributed by atoms with van der Waals surface area (Å²) in [6.45, 7) is 5.69. The van der Waals surface area contributed by atoms with Crippen LogP contribution in [0.25, 0.3) is 0 Å². The van der Waals surface area contributed by atoms with E-state index < -0.39 is 15.3 Å². The molecule has 154 valence electrons. The number of rotatable bonds is 4. The lowest BCUT2D eigenvalue weighted by Crippen LogP contribution is -2.54. The van der Waals surface area contributed by atoms with Gasteiger partial charge in [0.05, 0.1) is 10.3 Å². The third-order valence-corrected chi connectivity index (χ3v) is 6.54. The molecule has 0 bridgehead atoms. The number of sulfone groups is 1. The molecule has 1 fully saturated rings. The summed E-state index contributed by atoms with van der Waals surface area (Å²) in [6.07, 6.45) is 1.14. The van der Waals surface area contributed by atoms with Gasteiger partial charge in [-0.25, -0.2) is 8.42 Å². The lowest BCUT2D eigenvalue weighted by atomic mass is 9.83. The van der Waals surface area contributed by atoms with Crippen molar-refractivity contribution < 1.29 is 18.0 Å². The highest BCUT2D eigenvalue weighted by atomic mass is 32.2. The molecule has 0 N–H and O–H groups in total. The molecule has 0 radical (unpaired) electrons. The first kappa shape index (κ1) is 21.0. The van der Waals surface area contributed by atoms with Gasteiger partial charge in [-0.2, -0.15) is 0 Å². The molecule has 0 aromatic heterocycles. The van der Waals surface area contributed by atoms with Crippen molar-refractivity contribution in [2.45, 2.75) is 24.2 Å². The van der Waals surface area contributed by atoms with Crippen LogP contribution in [0.2, 0.25) is 0 Å². The Bertz CT molecular complexity index is 991. The van der Waals surface area contributed by atoms with Crippen molar-refractivity contribution in [1.29, 1.82) is 0 Å². The molecule has 0 atom stereocenters. The predicted octanol–water partition coefficient (Wildman–Crippen LogP) is 2.35. The zero-order valence-electron chi connectivity index (χ0n) is 17.0. The maximum atomic E-state index is 13.1. The van der Waals surface area contributed by atoms with Crippen LogP contribution in [0.3, 0.4) is 0 Å². The fraction of sp³-hybridized carbons (Fsp3) is 0.364. The Hall–Kier alpha value is -2.67. The maximum absolute atomic E-state index is 13.1. The van der Waals surface area contributed by atoms with Crippen molar-refractivity contribution in [2.75, 3.05) is 32.4 Å². The third-order valence-electron chi connectivity index (χ3n) is 5.41. The second-order valence-electron chi connectivity index (χ2n) is 7.87. The van der Waals surface area contributed by atoms with Gasteiger partial charge in [0.25, 0.3) is 5.91 Å². The van der Waals surface area contributed by atoms with E-state index in [0.717, 1.165) is 11.8 Å². The van der Waals surface area contributed by atoms with Crippen molar-refractivity contribution in [2.24, 2.45) is 0 Å². The molecule has 0 unspecified atom stereocenters. The molecule has 1 aliphatic heterocycles. The van der Waals surface area contributed by atoms with E-state index in [-0.39, 0.29) is 16.7 Å². The summed E-state index contributed by atoms with van der Waals surface area (Å²) in [4.78, 5) is 29.5. The Morgan fingerprint density at radius 1 is 0.828 bits per heavy atom. The number of carbonyl (C=O) groups is 2. The number of hydrogen-bond acceptors (Lipinski definition) is 4. The Morgan fingerprint density at radius 3 is 1.86 bits per heavy atom. The molecule has 29 heavy (non-hydrogen) atoms. The average Bonchev–Trinajstić information content (AvgIpc) is 2.73. The first-order valence-corrected chi connectivity index (χ1v) is 11.4. The summed E-state index contributed by atoms with van der Waals surface area (Å²) >= 11 is 0. The molecule has 6 nitrogen and oxygen atoms in total. The summed E-state index contributed by atoms with van der Waals surface area (Å²) in [5.41, 5.74) is 0.783. The van der Waals surface area contributed by atoms with Crippen molar-refractivity contribution in [3.63, 3.8) is 0 Å². The molecule has 2 aromatic rings. The van der Waals surface area contributed by atoms with Crippen LogP contribution >= 0.6 is 0 Å². The van der Waals surface area contributed by atoms with Crippen LogP contribution in [-0.4, -0.2) is 62.5 Å². The van der Waals surface area contributed by atoms with Gasteiger partial charge in [-0.3, -0.25) is 9.59 Å². The standard InChI is InChI=1S/C22H26N2O4S/c1-22(2,18-7-5-4-6-8-18)21(26)24-15-13-23(14-16-24)20(25)17-9-11-19(12-10-17)29(3,27)28/h4-12H,13-16H2,1-3H3. The quantitative estimate of drug-likeness (QED) is 0.770. The maximum Gasteiger partial charge on any atom is 0.253 e. The summed E-state index contributed by atoms with van der Waals surface area (Å²) in [5.74, 6) is -0.104. The minimum absolute atomic E-state index is 0.0494.